The molecule has 3 nitrogen and oxygen atoms in total. The zero-order valence-electron chi connectivity index (χ0n) is 11.7. The maximum atomic E-state index is 13.0. The highest BCUT2D eigenvalue weighted by atomic mass is 35.5. The Bertz CT molecular complexity index is 671. The lowest BCUT2D eigenvalue weighted by atomic mass is 9.84. The number of alkyl halides is 2. The number of hydrogen-bond donors (Lipinski definition) is 0. The van der Waals surface area contributed by atoms with Gasteiger partial charge in [0.1, 0.15) is 0 Å². The van der Waals surface area contributed by atoms with E-state index in [9.17, 15) is 4.79 Å². The molecule has 3 rings (SSSR count). The number of carbonyl (C=O) groups is 1. The number of ketones is 1. The smallest absolute Gasteiger partial charge is 0.225 e. The summed E-state index contributed by atoms with van der Waals surface area (Å²) in [6, 6.07) is 9.00. The number of benzene rings is 1. The highest BCUT2D eigenvalue weighted by Gasteiger charge is 2.85. The van der Waals surface area contributed by atoms with Crippen LogP contribution in [0.25, 0.3) is 0 Å². The first-order valence-corrected chi connectivity index (χ1v) is 7.97. The van der Waals surface area contributed by atoms with Crippen molar-refractivity contribution in [3.8, 4) is 0 Å². The molecule has 1 fully saturated rings. The minimum atomic E-state index is -1.78. The van der Waals surface area contributed by atoms with Crippen LogP contribution in [0.5, 0.6) is 0 Å². The fourth-order valence-corrected chi connectivity index (χ4v) is 5.51. The van der Waals surface area contributed by atoms with E-state index < -0.39 is 27.2 Å². The summed E-state index contributed by atoms with van der Waals surface area (Å²) in [6.07, 6.45) is 0. The minimum Gasteiger partial charge on any atom is -0.349 e. The van der Waals surface area contributed by atoms with Crippen molar-refractivity contribution in [1.29, 1.82) is 0 Å². The van der Waals surface area contributed by atoms with Gasteiger partial charge in [-0.1, -0.05) is 65.1 Å². The second-order valence-electron chi connectivity index (χ2n) is 5.23. The molecule has 3 atom stereocenters. The molecule has 7 heteroatoms. The highest BCUT2D eigenvalue weighted by molar-refractivity contribution is 6.58. The van der Waals surface area contributed by atoms with E-state index in [0.717, 1.165) is 0 Å². The van der Waals surface area contributed by atoms with Gasteiger partial charge in [-0.05, 0) is 5.56 Å². The van der Waals surface area contributed by atoms with Gasteiger partial charge in [0, 0.05) is 14.2 Å². The van der Waals surface area contributed by atoms with Crippen LogP contribution in [-0.4, -0.2) is 35.5 Å². The van der Waals surface area contributed by atoms with Crippen molar-refractivity contribution in [2.75, 3.05) is 14.2 Å². The monoisotopic (exact) mass is 380 g/mol. The topological polar surface area (TPSA) is 35.5 Å². The van der Waals surface area contributed by atoms with Crippen molar-refractivity contribution in [2.24, 2.45) is 0 Å². The van der Waals surface area contributed by atoms with Crippen LogP contribution in [0.15, 0.2) is 40.4 Å². The average Bonchev–Trinajstić information content (AvgIpc) is 2.77. The Labute approximate surface area is 148 Å². The molecule has 0 radical (unpaired) electrons. The molecule has 2 aliphatic rings. The van der Waals surface area contributed by atoms with E-state index in [1.807, 2.05) is 6.07 Å². The molecule has 0 aliphatic heterocycles. The highest BCUT2D eigenvalue weighted by Crippen LogP contribution is 2.72. The molecular formula is C15H12Cl4O3. The van der Waals surface area contributed by atoms with Gasteiger partial charge in [-0.25, -0.2) is 0 Å². The number of carbonyl (C=O) groups excluding carboxylic acids is 1. The van der Waals surface area contributed by atoms with Crippen LogP contribution in [-0.2, 0) is 14.3 Å². The predicted molar refractivity (Wildman–Crippen MR) is 86.8 cm³/mol. The Kier molecular flexibility index (Phi) is 3.84. The summed E-state index contributed by atoms with van der Waals surface area (Å²) in [7, 11) is 2.72. The van der Waals surface area contributed by atoms with E-state index in [4.69, 9.17) is 55.9 Å². The summed E-state index contributed by atoms with van der Waals surface area (Å²) in [5, 5.41) is 0.0229. The second kappa shape index (κ2) is 5.10. The molecule has 1 saturated carbocycles. The summed E-state index contributed by atoms with van der Waals surface area (Å²) in [5.74, 6) is -2.91. The molecule has 22 heavy (non-hydrogen) atoms. The average molecular weight is 382 g/mol. The van der Waals surface area contributed by atoms with Crippen LogP contribution in [0.4, 0.5) is 0 Å². The van der Waals surface area contributed by atoms with E-state index in [0.29, 0.717) is 5.56 Å². The van der Waals surface area contributed by atoms with E-state index >= 15 is 0 Å². The molecule has 0 aromatic heterocycles. The third kappa shape index (κ3) is 1.50. The number of hydrogen-bond acceptors (Lipinski definition) is 3. The Morgan fingerprint density at radius 3 is 2.00 bits per heavy atom. The molecule has 2 bridgehead atoms. The Morgan fingerprint density at radius 1 is 1.00 bits per heavy atom. The molecule has 3 unspecified atom stereocenters. The summed E-state index contributed by atoms with van der Waals surface area (Å²) < 4.78 is 11.0. The molecule has 0 saturated heterocycles. The van der Waals surface area contributed by atoms with Gasteiger partial charge in [-0.15, -0.1) is 11.6 Å². The van der Waals surface area contributed by atoms with Crippen molar-refractivity contribution in [3.05, 3.63) is 46.0 Å². The molecule has 0 heterocycles. The van der Waals surface area contributed by atoms with Crippen molar-refractivity contribution < 1.29 is 14.3 Å². The zero-order valence-corrected chi connectivity index (χ0v) is 14.7. The standard InChI is InChI=1S/C15H12Cl4O3/c1-21-15(22-2)13(18)9(8-6-4-3-5-7-8)12(20)14(15,19)11(17)10(13)16/h3-7,9H,1-2H3. The molecule has 118 valence electrons. The minimum absolute atomic E-state index is 0.0493. The normalized spacial score (nSPS) is 36.3. The van der Waals surface area contributed by atoms with Gasteiger partial charge < -0.3 is 9.47 Å². The maximum Gasteiger partial charge on any atom is 0.225 e. The Morgan fingerprint density at radius 2 is 1.55 bits per heavy atom. The summed E-state index contributed by atoms with van der Waals surface area (Å²) >= 11 is 26.0. The lowest BCUT2D eigenvalue weighted by molar-refractivity contribution is -0.216. The fourth-order valence-electron chi connectivity index (χ4n) is 3.51. The molecular weight excluding hydrogens is 370 g/mol. The number of halogens is 4. The third-order valence-electron chi connectivity index (χ3n) is 4.45. The van der Waals surface area contributed by atoms with Gasteiger partial charge in [0.2, 0.25) is 5.79 Å². The first kappa shape index (κ1) is 16.6. The van der Waals surface area contributed by atoms with Crippen LogP contribution in [0.1, 0.15) is 11.5 Å². The molecule has 0 spiro atoms. The van der Waals surface area contributed by atoms with Crippen LogP contribution < -0.4 is 0 Å². The zero-order chi connectivity index (χ0) is 16.3. The van der Waals surface area contributed by atoms with E-state index in [2.05, 4.69) is 0 Å². The van der Waals surface area contributed by atoms with Gasteiger partial charge >= 0.3 is 0 Å². The van der Waals surface area contributed by atoms with Crippen molar-refractivity contribution in [1.82, 2.24) is 0 Å². The number of rotatable bonds is 3. The van der Waals surface area contributed by atoms with Crippen LogP contribution in [0.3, 0.4) is 0 Å². The van der Waals surface area contributed by atoms with Crippen molar-refractivity contribution in [3.63, 3.8) is 0 Å². The van der Waals surface area contributed by atoms with Gasteiger partial charge in [0.15, 0.2) is 15.5 Å². The number of Topliss-reactive ketones (excluding diaryl/α,β-unsaturated/α-hetero) is 1. The van der Waals surface area contributed by atoms with Gasteiger partial charge in [-0.2, -0.15) is 0 Å². The van der Waals surface area contributed by atoms with E-state index in [1.165, 1.54) is 14.2 Å². The van der Waals surface area contributed by atoms with Gasteiger partial charge in [0.25, 0.3) is 0 Å². The van der Waals surface area contributed by atoms with E-state index in [1.54, 1.807) is 24.3 Å². The predicted octanol–water partition coefficient (Wildman–Crippen LogP) is 4.00. The fraction of sp³-hybridized carbons (Fsp3) is 0.400. The maximum absolute atomic E-state index is 13.0. The molecule has 1 aromatic carbocycles. The second-order valence-corrected chi connectivity index (χ2v) is 7.15. The van der Waals surface area contributed by atoms with Crippen molar-refractivity contribution >= 4 is 52.2 Å². The Hall–Kier alpha value is -0.290. The van der Waals surface area contributed by atoms with E-state index in [-0.39, 0.29) is 10.1 Å². The number of fused-ring (bicyclic) bond motifs is 2. The Balaban J connectivity index is 2.33. The summed E-state index contributed by atoms with van der Waals surface area (Å²) in [6.45, 7) is 0. The summed E-state index contributed by atoms with van der Waals surface area (Å²) in [5.41, 5.74) is 0.672. The molecule has 1 aromatic rings. The molecule has 0 amide bonds. The van der Waals surface area contributed by atoms with Crippen molar-refractivity contribution in [2.45, 2.75) is 21.5 Å². The first-order valence-electron chi connectivity index (χ1n) is 6.46. The lowest BCUT2D eigenvalue weighted by Crippen LogP contribution is -2.57. The third-order valence-corrected chi connectivity index (χ3v) is 6.98. The molecule has 0 N–H and O–H groups in total. The SMILES string of the molecule is COC1(OC)C2(Cl)C(=O)C(c3ccccc3)C1(Cl)C(Cl)=C2Cl. The number of methoxy groups -OCH3 is 2. The van der Waals surface area contributed by atoms with Gasteiger partial charge in [0.05, 0.1) is 16.0 Å². The lowest BCUT2D eigenvalue weighted by Gasteiger charge is -2.40. The first-order chi connectivity index (χ1) is 10.3. The van der Waals surface area contributed by atoms with Gasteiger partial charge in [-0.3, -0.25) is 4.79 Å². The van der Waals surface area contributed by atoms with Crippen LogP contribution in [0.2, 0.25) is 0 Å². The number of ether oxygens (including phenoxy) is 2. The summed E-state index contributed by atoms with van der Waals surface area (Å²) in [4.78, 5) is 9.72. The van der Waals surface area contributed by atoms with Crippen LogP contribution >= 0.6 is 46.4 Å². The quantitative estimate of drug-likeness (QED) is 0.586. The molecule has 2 aliphatic carbocycles. The largest absolute Gasteiger partial charge is 0.349 e. The van der Waals surface area contributed by atoms with Crippen LogP contribution in [0, 0.1) is 0 Å².